The van der Waals surface area contributed by atoms with E-state index >= 15 is 0 Å². The Morgan fingerprint density at radius 3 is 2.89 bits per heavy atom. The van der Waals surface area contributed by atoms with Crippen molar-refractivity contribution < 1.29 is 0 Å². The highest BCUT2D eigenvalue weighted by Gasteiger charge is 2.15. The largest absolute Gasteiger partial charge is 0.358 e. The van der Waals surface area contributed by atoms with Crippen molar-refractivity contribution in [3.8, 4) is 0 Å². The molecule has 98 valence electrons. The number of fused-ring (bicyclic) bond motifs is 1. The molecule has 0 amide bonds. The van der Waals surface area contributed by atoms with Gasteiger partial charge >= 0.3 is 0 Å². The molecule has 0 radical (unpaired) electrons. The molecule has 1 atom stereocenters. The highest BCUT2D eigenvalue weighted by atomic mass is 35.5. The molecule has 0 spiro atoms. The normalized spacial score (nSPS) is 12.9. The van der Waals surface area contributed by atoms with Crippen LogP contribution >= 0.6 is 11.6 Å². The van der Waals surface area contributed by atoms with Crippen LogP contribution in [-0.4, -0.2) is 23.0 Å². The van der Waals surface area contributed by atoms with E-state index in [0.717, 1.165) is 23.7 Å². The fourth-order valence-corrected chi connectivity index (χ4v) is 2.40. The zero-order valence-corrected chi connectivity index (χ0v) is 12.0. The number of rotatable bonds is 5. The molecule has 4 heteroatoms. The fourth-order valence-electron chi connectivity index (χ4n) is 2.15. The molecule has 2 rings (SSSR count). The van der Waals surface area contributed by atoms with Crippen LogP contribution in [0.15, 0.2) is 24.4 Å². The molecule has 0 N–H and O–H groups in total. The molecule has 0 saturated heterocycles. The summed E-state index contributed by atoms with van der Waals surface area (Å²) in [6.45, 7) is 5.47. The summed E-state index contributed by atoms with van der Waals surface area (Å²) in [5, 5.41) is 0. The third-order valence-electron chi connectivity index (χ3n) is 3.38. The van der Waals surface area contributed by atoms with Crippen molar-refractivity contribution in [2.45, 2.75) is 26.1 Å². The number of hydrogen-bond donors (Lipinski definition) is 0. The minimum absolute atomic E-state index is 0.478. The Hall–Kier alpha value is -1.22. The van der Waals surface area contributed by atoms with Gasteiger partial charge in [-0.1, -0.05) is 26.3 Å². The molecule has 0 fully saturated rings. The van der Waals surface area contributed by atoms with Crippen molar-refractivity contribution in [1.82, 2.24) is 9.38 Å². The first-order valence-electron chi connectivity index (χ1n) is 6.40. The average Bonchev–Trinajstić information content (AvgIpc) is 2.77. The van der Waals surface area contributed by atoms with Gasteiger partial charge in [-0.3, -0.25) is 0 Å². The van der Waals surface area contributed by atoms with E-state index in [2.05, 4.69) is 35.2 Å². The van der Waals surface area contributed by atoms with Crippen LogP contribution in [0.25, 0.3) is 5.65 Å². The Morgan fingerprint density at radius 2 is 2.22 bits per heavy atom. The number of alkyl halides is 1. The van der Waals surface area contributed by atoms with E-state index in [9.17, 15) is 0 Å². The van der Waals surface area contributed by atoms with E-state index in [1.54, 1.807) is 0 Å². The van der Waals surface area contributed by atoms with Crippen molar-refractivity contribution in [3.63, 3.8) is 0 Å². The summed E-state index contributed by atoms with van der Waals surface area (Å²) in [7, 11) is 2.09. The highest BCUT2D eigenvalue weighted by Crippen LogP contribution is 2.23. The Kier molecular flexibility index (Phi) is 4.12. The lowest BCUT2D eigenvalue weighted by molar-refractivity contribution is 0.557. The van der Waals surface area contributed by atoms with Crippen molar-refractivity contribution in [1.29, 1.82) is 0 Å². The maximum atomic E-state index is 6.08. The van der Waals surface area contributed by atoms with Crippen LogP contribution < -0.4 is 4.90 Å². The quantitative estimate of drug-likeness (QED) is 0.771. The van der Waals surface area contributed by atoms with E-state index in [0.29, 0.717) is 11.8 Å². The molecule has 0 aliphatic carbocycles. The van der Waals surface area contributed by atoms with Gasteiger partial charge in [-0.25, -0.2) is 4.98 Å². The van der Waals surface area contributed by atoms with Gasteiger partial charge in [-0.05, 0) is 18.1 Å². The van der Waals surface area contributed by atoms with Gasteiger partial charge in [0.25, 0.3) is 0 Å². The van der Waals surface area contributed by atoms with Gasteiger partial charge in [0.2, 0.25) is 0 Å². The van der Waals surface area contributed by atoms with Crippen LogP contribution in [0.2, 0.25) is 0 Å². The number of imidazole rings is 1. The predicted molar refractivity (Wildman–Crippen MR) is 77.5 cm³/mol. The number of pyridine rings is 1. The summed E-state index contributed by atoms with van der Waals surface area (Å²) >= 11 is 6.08. The summed E-state index contributed by atoms with van der Waals surface area (Å²) in [5.41, 5.74) is 2.03. The Balaban J connectivity index is 2.37. The fraction of sp³-hybridized carbons (Fsp3) is 0.500. The van der Waals surface area contributed by atoms with E-state index in [4.69, 9.17) is 11.6 Å². The lowest BCUT2D eigenvalue weighted by Crippen LogP contribution is -2.24. The number of hydrogen-bond acceptors (Lipinski definition) is 2. The van der Waals surface area contributed by atoms with Crippen LogP contribution in [0.3, 0.4) is 0 Å². The van der Waals surface area contributed by atoms with Gasteiger partial charge in [0.1, 0.15) is 5.65 Å². The molecule has 3 nitrogen and oxygen atoms in total. The molecule has 0 bridgehead atoms. The predicted octanol–water partition coefficient (Wildman–Crippen LogP) is 3.56. The number of halogens is 1. The lowest BCUT2D eigenvalue weighted by atomic mass is 10.1. The second-order valence-corrected chi connectivity index (χ2v) is 5.11. The van der Waals surface area contributed by atoms with Crippen LogP contribution in [0.1, 0.15) is 26.0 Å². The first-order valence-corrected chi connectivity index (χ1v) is 6.93. The van der Waals surface area contributed by atoms with Gasteiger partial charge < -0.3 is 9.30 Å². The SMILES string of the molecule is CCC(C)CN(C)c1nc2ccccn2c1CCl. The first kappa shape index (κ1) is 13.2. The van der Waals surface area contributed by atoms with Gasteiger partial charge in [-0.15, -0.1) is 11.6 Å². The molecule has 1 unspecified atom stereocenters. The molecular weight excluding hydrogens is 246 g/mol. The zero-order valence-electron chi connectivity index (χ0n) is 11.2. The number of anilines is 1. The lowest BCUT2D eigenvalue weighted by Gasteiger charge is -2.21. The van der Waals surface area contributed by atoms with Gasteiger partial charge in [0.15, 0.2) is 5.82 Å². The zero-order chi connectivity index (χ0) is 13.1. The van der Waals surface area contributed by atoms with Crippen LogP contribution in [0, 0.1) is 5.92 Å². The molecule has 2 aromatic rings. The van der Waals surface area contributed by atoms with Gasteiger partial charge in [-0.2, -0.15) is 0 Å². The molecular formula is C14H20ClN3. The molecule has 0 saturated carbocycles. The number of nitrogens with zero attached hydrogens (tertiary/aromatic N) is 3. The summed E-state index contributed by atoms with van der Waals surface area (Å²) in [6, 6.07) is 6.01. The Morgan fingerprint density at radius 1 is 1.44 bits per heavy atom. The standard InChI is InChI=1S/C14H20ClN3/c1-4-11(2)10-17(3)14-12(9-15)18-8-6-5-7-13(18)16-14/h5-8,11H,4,9-10H2,1-3H3. The number of aromatic nitrogens is 2. The van der Waals surface area contributed by atoms with Crippen LogP contribution in [0.4, 0.5) is 5.82 Å². The average molecular weight is 266 g/mol. The summed E-state index contributed by atoms with van der Waals surface area (Å²) in [5.74, 6) is 2.13. The molecule has 0 aliphatic heterocycles. The summed E-state index contributed by atoms with van der Waals surface area (Å²) in [6.07, 6.45) is 3.19. The summed E-state index contributed by atoms with van der Waals surface area (Å²) < 4.78 is 2.06. The Bertz CT molecular complexity index is 521. The van der Waals surface area contributed by atoms with Crippen molar-refractivity contribution in [2.75, 3.05) is 18.5 Å². The third kappa shape index (κ3) is 2.46. The van der Waals surface area contributed by atoms with E-state index in [1.807, 2.05) is 24.4 Å². The molecule has 18 heavy (non-hydrogen) atoms. The smallest absolute Gasteiger partial charge is 0.152 e. The molecule has 0 aliphatic rings. The van der Waals surface area contributed by atoms with Gasteiger partial charge in [0.05, 0.1) is 11.6 Å². The monoisotopic (exact) mass is 265 g/mol. The maximum Gasteiger partial charge on any atom is 0.152 e. The van der Waals surface area contributed by atoms with Gasteiger partial charge in [0, 0.05) is 19.8 Å². The third-order valence-corrected chi connectivity index (χ3v) is 3.63. The minimum atomic E-state index is 0.478. The minimum Gasteiger partial charge on any atom is -0.358 e. The first-order chi connectivity index (χ1) is 8.67. The van der Waals surface area contributed by atoms with E-state index in [1.165, 1.54) is 6.42 Å². The second-order valence-electron chi connectivity index (χ2n) is 4.84. The summed E-state index contributed by atoms with van der Waals surface area (Å²) in [4.78, 5) is 6.88. The molecule has 0 aromatic carbocycles. The van der Waals surface area contributed by atoms with Crippen LogP contribution in [0.5, 0.6) is 0 Å². The van der Waals surface area contributed by atoms with Crippen molar-refractivity contribution >= 4 is 23.1 Å². The van der Waals surface area contributed by atoms with Crippen molar-refractivity contribution in [3.05, 3.63) is 30.1 Å². The maximum absolute atomic E-state index is 6.08. The molecule has 2 aromatic heterocycles. The van der Waals surface area contributed by atoms with E-state index < -0.39 is 0 Å². The van der Waals surface area contributed by atoms with Crippen molar-refractivity contribution in [2.24, 2.45) is 5.92 Å². The topological polar surface area (TPSA) is 20.5 Å². The Labute approximate surface area is 113 Å². The van der Waals surface area contributed by atoms with E-state index in [-0.39, 0.29) is 0 Å². The highest BCUT2D eigenvalue weighted by molar-refractivity contribution is 6.17. The van der Waals surface area contributed by atoms with Crippen LogP contribution in [-0.2, 0) is 5.88 Å². The molecule has 2 heterocycles. The second kappa shape index (κ2) is 5.61.